The van der Waals surface area contributed by atoms with Crippen molar-refractivity contribution in [3.8, 4) is 5.75 Å². The zero-order chi connectivity index (χ0) is 8.55. The second-order valence-corrected chi connectivity index (χ2v) is 3.31. The predicted molar refractivity (Wildman–Crippen MR) is 48.5 cm³/mol. The summed E-state index contributed by atoms with van der Waals surface area (Å²) < 4.78 is 5.41. The number of benzene rings is 1. The maximum atomic E-state index is 5.93. The van der Waals surface area contributed by atoms with Gasteiger partial charge in [0.15, 0.2) is 0 Å². The summed E-state index contributed by atoms with van der Waals surface area (Å²) in [5, 5.41) is 0.655. The van der Waals surface area contributed by atoms with Gasteiger partial charge in [0.2, 0.25) is 0 Å². The highest BCUT2D eigenvalue weighted by Crippen LogP contribution is 2.36. The second-order valence-electron chi connectivity index (χ2n) is 2.90. The Labute approximate surface area is 76.3 Å². The molecule has 1 aliphatic heterocycles. The molecule has 0 bridgehead atoms. The van der Waals surface area contributed by atoms with Gasteiger partial charge < -0.3 is 10.5 Å². The van der Waals surface area contributed by atoms with E-state index in [2.05, 4.69) is 0 Å². The van der Waals surface area contributed by atoms with Gasteiger partial charge >= 0.3 is 0 Å². The van der Waals surface area contributed by atoms with E-state index in [0.717, 1.165) is 17.7 Å². The van der Waals surface area contributed by atoms with Crippen LogP contribution in [-0.4, -0.2) is 6.61 Å². The first-order valence-electron chi connectivity index (χ1n) is 3.96. The number of nitrogens with two attached hydrogens (primary N) is 1. The summed E-state index contributed by atoms with van der Waals surface area (Å²) in [5.41, 5.74) is 6.90. The van der Waals surface area contributed by atoms with Crippen LogP contribution in [0.5, 0.6) is 5.75 Å². The van der Waals surface area contributed by atoms with Gasteiger partial charge in [0.05, 0.1) is 11.6 Å². The van der Waals surface area contributed by atoms with Crippen molar-refractivity contribution in [1.29, 1.82) is 0 Å². The predicted octanol–water partition coefficient (Wildman–Crippen LogP) is 2.12. The van der Waals surface area contributed by atoms with Crippen LogP contribution in [0, 0.1) is 0 Å². The van der Waals surface area contributed by atoms with Crippen LogP contribution in [0.25, 0.3) is 0 Å². The Morgan fingerprint density at radius 2 is 2.33 bits per heavy atom. The van der Waals surface area contributed by atoms with Crippen molar-refractivity contribution >= 4 is 11.6 Å². The van der Waals surface area contributed by atoms with Crippen molar-refractivity contribution in [2.45, 2.75) is 12.5 Å². The number of ether oxygens (including phenoxy) is 1. The van der Waals surface area contributed by atoms with E-state index in [9.17, 15) is 0 Å². The lowest BCUT2D eigenvalue weighted by atomic mass is 10.0. The Bertz CT molecular complexity index is 301. The van der Waals surface area contributed by atoms with Crippen LogP contribution in [0.1, 0.15) is 18.0 Å². The molecule has 0 aromatic heterocycles. The molecule has 64 valence electrons. The van der Waals surface area contributed by atoms with Gasteiger partial charge in [-0.3, -0.25) is 0 Å². The zero-order valence-electron chi connectivity index (χ0n) is 6.59. The molecule has 0 saturated carbocycles. The van der Waals surface area contributed by atoms with E-state index in [0.29, 0.717) is 11.6 Å². The molecule has 0 aliphatic carbocycles. The fraction of sp³-hybridized carbons (Fsp3) is 0.333. The largest absolute Gasteiger partial charge is 0.492 e. The lowest BCUT2D eigenvalue weighted by molar-refractivity contribution is 0.269. The van der Waals surface area contributed by atoms with E-state index in [4.69, 9.17) is 22.1 Å². The third-order valence-corrected chi connectivity index (χ3v) is 2.37. The third kappa shape index (κ3) is 1.17. The number of rotatable bonds is 0. The molecule has 1 atom stereocenters. The fourth-order valence-electron chi connectivity index (χ4n) is 1.41. The highest BCUT2D eigenvalue weighted by Gasteiger charge is 2.19. The molecule has 2 nitrogen and oxygen atoms in total. The lowest BCUT2D eigenvalue weighted by Gasteiger charge is -2.23. The molecule has 1 aromatic carbocycles. The summed E-state index contributed by atoms with van der Waals surface area (Å²) >= 11 is 5.93. The SMILES string of the molecule is N[C@H]1CCOc2c(Cl)cccc21. The van der Waals surface area contributed by atoms with Crippen molar-refractivity contribution in [2.75, 3.05) is 6.61 Å². The molecule has 12 heavy (non-hydrogen) atoms. The van der Waals surface area contributed by atoms with Crippen molar-refractivity contribution in [2.24, 2.45) is 5.73 Å². The summed E-state index contributed by atoms with van der Waals surface area (Å²) in [6.45, 7) is 0.665. The normalized spacial score (nSPS) is 21.3. The topological polar surface area (TPSA) is 35.2 Å². The summed E-state index contributed by atoms with van der Waals surface area (Å²) in [5.74, 6) is 0.762. The standard InChI is InChI=1S/C9H10ClNO/c10-7-3-1-2-6-8(11)4-5-12-9(6)7/h1-3,8H,4-5,11H2/t8-/m0/s1. The van der Waals surface area contributed by atoms with Gasteiger partial charge in [-0.15, -0.1) is 0 Å². The van der Waals surface area contributed by atoms with Crippen LogP contribution >= 0.6 is 11.6 Å². The van der Waals surface area contributed by atoms with Crippen LogP contribution in [-0.2, 0) is 0 Å². The Morgan fingerprint density at radius 1 is 1.50 bits per heavy atom. The van der Waals surface area contributed by atoms with Crippen LogP contribution in [0.4, 0.5) is 0 Å². The number of fused-ring (bicyclic) bond motifs is 1. The van der Waals surface area contributed by atoms with Gasteiger partial charge in [0, 0.05) is 18.0 Å². The maximum absolute atomic E-state index is 5.93. The van der Waals surface area contributed by atoms with Gasteiger partial charge in [-0.1, -0.05) is 23.7 Å². The summed E-state index contributed by atoms with van der Waals surface area (Å²) in [6.07, 6.45) is 0.868. The number of hydrogen-bond acceptors (Lipinski definition) is 2. The zero-order valence-corrected chi connectivity index (χ0v) is 7.34. The average Bonchev–Trinajstić information content (AvgIpc) is 2.07. The molecule has 1 aromatic rings. The van der Waals surface area contributed by atoms with Crippen LogP contribution in [0.3, 0.4) is 0 Å². The molecule has 0 amide bonds. The Balaban J connectivity index is 2.52. The van der Waals surface area contributed by atoms with E-state index >= 15 is 0 Å². The Hall–Kier alpha value is -0.730. The average molecular weight is 184 g/mol. The highest BCUT2D eigenvalue weighted by atomic mass is 35.5. The first-order chi connectivity index (χ1) is 5.79. The van der Waals surface area contributed by atoms with E-state index in [-0.39, 0.29) is 6.04 Å². The van der Waals surface area contributed by atoms with Gasteiger partial charge in [-0.2, -0.15) is 0 Å². The Kier molecular flexibility index (Phi) is 1.95. The quantitative estimate of drug-likeness (QED) is 0.669. The van der Waals surface area contributed by atoms with Gasteiger partial charge in [-0.25, -0.2) is 0 Å². The van der Waals surface area contributed by atoms with Gasteiger partial charge in [0.25, 0.3) is 0 Å². The lowest BCUT2D eigenvalue weighted by Crippen LogP contribution is -2.20. The smallest absolute Gasteiger partial charge is 0.142 e. The van der Waals surface area contributed by atoms with Crippen LogP contribution in [0.2, 0.25) is 5.02 Å². The first-order valence-corrected chi connectivity index (χ1v) is 4.33. The number of para-hydroxylation sites is 1. The summed E-state index contributed by atoms with van der Waals surface area (Å²) in [7, 11) is 0. The Morgan fingerprint density at radius 3 is 3.08 bits per heavy atom. The van der Waals surface area contributed by atoms with Crippen LogP contribution < -0.4 is 10.5 Å². The molecule has 0 spiro atoms. The first kappa shape index (κ1) is 7.90. The molecule has 2 N–H and O–H groups in total. The van der Waals surface area contributed by atoms with Crippen LogP contribution in [0.15, 0.2) is 18.2 Å². The fourth-order valence-corrected chi connectivity index (χ4v) is 1.65. The van der Waals surface area contributed by atoms with Gasteiger partial charge in [0.1, 0.15) is 5.75 Å². The van der Waals surface area contributed by atoms with E-state index in [1.807, 2.05) is 18.2 Å². The third-order valence-electron chi connectivity index (χ3n) is 2.07. The van der Waals surface area contributed by atoms with Gasteiger partial charge in [-0.05, 0) is 6.07 Å². The second kappa shape index (κ2) is 2.96. The van der Waals surface area contributed by atoms with Crippen molar-refractivity contribution in [3.05, 3.63) is 28.8 Å². The minimum absolute atomic E-state index is 0.0763. The minimum atomic E-state index is 0.0763. The maximum Gasteiger partial charge on any atom is 0.142 e. The number of halogens is 1. The van der Waals surface area contributed by atoms with E-state index in [1.165, 1.54) is 0 Å². The monoisotopic (exact) mass is 183 g/mol. The molecule has 0 saturated heterocycles. The summed E-state index contributed by atoms with van der Waals surface area (Å²) in [6, 6.07) is 5.76. The molecular formula is C9H10ClNO. The molecule has 0 radical (unpaired) electrons. The molecular weight excluding hydrogens is 174 g/mol. The molecule has 0 fully saturated rings. The highest BCUT2D eigenvalue weighted by molar-refractivity contribution is 6.32. The molecule has 2 rings (SSSR count). The van der Waals surface area contributed by atoms with Crippen molar-refractivity contribution < 1.29 is 4.74 Å². The summed E-state index contributed by atoms with van der Waals surface area (Å²) in [4.78, 5) is 0. The molecule has 0 unspecified atom stereocenters. The van der Waals surface area contributed by atoms with Crippen molar-refractivity contribution in [3.63, 3.8) is 0 Å². The molecule has 3 heteroatoms. The molecule has 1 aliphatic rings. The minimum Gasteiger partial charge on any atom is -0.492 e. The van der Waals surface area contributed by atoms with E-state index in [1.54, 1.807) is 0 Å². The number of hydrogen-bond donors (Lipinski definition) is 1. The van der Waals surface area contributed by atoms with E-state index < -0.39 is 0 Å². The molecule has 1 heterocycles. The van der Waals surface area contributed by atoms with Crippen molar-refractivity contribution in [1.82, 2.24) is 0 Å².